The van der Waals surface area contributed by atoms with Crippen LogP contribution >= 0.6 is 0 Å². The molecule has 0 bridgehead atoms. The van der Waals surface area contributed by atoms with Gasteiger partial charge in [0.15, 0.2) is 5.96 Å². The van der Waals surface area contributed by atoms with Crippen LogP contribution in [0.4, 0.5) is 18.9 Å². The summed E-state index contributed by atoms with van der Waals surface area (Å²) in [5.41, 5.74) is 1.16. The number of alkyl halides is 3. The Morgan fingerprint density at radius 3 is 2.39 bits per heavy atom. The smallest absolute Gasteiger partial charge is 0.411 e. The van der Waals surface area contributed by atoms with Gasteiger partial charge in [-0.2, -0.15) is 13.2 Å². The van der Waals surface area contributed by atoms with Crippen LogP contribution in [0.1, 0.15) is 13.3 Å². The molecule has 9 heteroatoms. The molecule has 0 amide bonds. The molecule has 1 aromatic carbocycles. The highest BCUT2D eigenvalue weighted by atomic mass is 19.4. The van der Waals surface area contributed by atoms with Crippen LogP contribution in [-0.2, 0) is 4.74 Å². The molecule has 1 saturated heterocycles. The number of guanidine groups is 1. The fourth-order valence-electron chi connectivity index (χ4n) is 2.93. The van der Waals surface area contributed by atoms with Crippen LogP contribution in [0.25, 0.3) is 0 Å². The Morgan fingerprint density at radius 1 is 1.14 bits per heavy atom. The van der Waals surface area contributed by atoms with Gasteiger partial charge in [0.25, 0.3) is 0 Å². The molecule has 1 aliphatic rings. The maximum absolute atomic E-state index is 12.0. The molecule has 0 unspecified atom stereocenters. The minimum Gasteiger partial charge on any atom is -0.497 e. The number of hydrogen-bond acceptors (Lipinski definition) is 4. The number of nitrogens with one attached hydrogen (secondary N) is 1. The van der Waals surface area contributed by atoms with Crippen LogP contribution in [0.3, 0.4) is 0 Å². The SMILES string of the molecule is CCNC(=NCCCOCC(F)(F)F)N1CCN(c2ccc(OC)cc2)CC1. The summed E-state index contributed by atoms with van der Waals surface area (Å²) in [5.74, 6) is 1.64. The molecule has 28 heavy (non-hydrogen) atoms. The summed E-state index contributed by atoms with van der Waals surface area (Å²) in [4.78, 5) is 9.02. The Labute approximate surface area is 164 Å². The number of ether oxygens (including phenoxy) is 2. The van der Waals surface area contributed by atoms with Crippen molar-refractivity contribution in [1.82, 2.24) is 10.2 Å². The van der Waals surface area contributed by atoms with Gasteiger partial charge >= 0.3 is 6.18 Å². The second-order valence-corrected chi connectivity index (χ2v) is 6.43. The number of aliphatic imine (C=N–C) groups is 1. The van der Waals surface area contributed by atoms with E-state index in [1.807, 2.05) is 19.1 Å². The largest absolute Gasteiger partial charge is 0.497 e. The van der Waals surface area contributed by atoms with E-state index in [-0.39, 0.29) is 6.61 Å². The van der Waals surface area contributed by atoms with Crippen molar-refractivity contribution in [3.05, 3.63) is 24.3 Å². The molecule has 0 radical (unpaired) electrons. The first-order chi connectivity index (χ1) is 13.4. The van der Waals surface area contributed by atoms with Gasteiger partial charge in [-0.25, -0.2) is 0 Å². The van der Waals surface area contributed by atoms with E-state index in [1.165, 1.54) is 0 Å². The van der Waals surface area contributed by atoms with Gasteiger partial charge in [-0.15, -0.1) is 0 Å². The first-order valence-electron chi connectivity index (χ1n) is 9.49. The predicted octanol–water partition coefficient (Wildman–Crippen LogP) is 2.75. The third kappa shape index (κ3) is 7.46. The summed E-state index contributed by atoms with van der Waals surface area (Å²) >= 11 is 0. The van der Waals surface area contributed by atoms with E-state index in [2.05, 4.69) is 37.0 Å². The Kier molecular flexibility index (Phi) is 8.69. The van der Waals surface area contributed by atoms with Gasteiger partial charge in [0.1, 0.15) is 12.4 Å². The minimum absolute atomic E-state index is 0.0493. The molecule has 0 aromatic heterocycles. The van der Waals surface area contributed by atoms with Crippen molar-refractivity contribution in [3.8, 4) is 5.75 Å². The summed E-state index contributed by atoms with van der Waals surface area (Å²) in [6.45, 7) is 5.38. The molecule has 158 valence electrons. The molecule has 1 aliphatic heterocycles. The highest BCUT2D eigenvalue weighted by Crippen LogP contribution is 2.20. The minimum atomic E-state index is -4.28. The lowest BCUT2D eigenvalue weighted by molar-refractivity contribution is -0.173. The molecule has 1 N–H and O–H groups in total. The lowest BCUT2D eigenvalue weighted by Gasteiger charge is -2.37. The van der Waals surface area contributed by atoms with Crippen molar-refractivity contribution in [2.24, 2.45) is 4.99 Å². The quantitative estimate of drug-likeness (QED) is 0.412. The summed E-state index contributed by atoms with van der Waals surface area (Å²) in [7, 11) is 1.65. The number of rotatable bonds is 8. The fraction of sp³-hybridized carbons (Fsp3) is 0.632. The van der Waals surface area contributed by atoms with E-state index in [0.29, 0.717) is 13.0 Å². The van der Waals surface area contributed by atoms with E-state index in [9.17, 15) is 13.2 Å². The first kappa shape index (κ1) is 22.1. The average molecular weight is 402 g/mol. The summed E-state index contributed by atoms with van der Waals surface area (Å²) in [6.07, 6.45) is -3.82. The molecule has 0 atom stereocenters. The fourth-order valence-corrected chi connectivity index (χ4v) is 2.93. The molecular formula is C19H29F3N4O2. The van der Waals surface area contributed by atoms with Crippen LogP contribution in [0.2, 0.25) is 0 Å². The van der Waals surface area contributed by atoms with Gasteiger partial charge in [0.2, 0.25) is 0 Å². The van der Waals surface area contributed by atoms with Crippen molar-refractivity contribution in [3.63, 3.8) is 0 Å². The third-order valence-corrected chi connectivity index (χ3v) is 4.33. The lowest BCUT2D eigenvalue weighted by atomic mass is 10.2. The average Bonchev–Trinajstić information content (AvgIpc) is 2.69. The van der Waals surface area contributed by atoms with Gasteiger partial charge < -0.3 is 24.6 Å². The number of methoxy groups -OCH3 is 1. The molecule has 2 rings (SSSR count). The summed E-state index contributed by atoms with van der Waals surface area (Å²) < 4.78 is 46.0. The Balaban J connectivity index is 1.79. The van der Waals surface area contributed by atoms with E-state index < -0.39 is 12.8 Å². The predicted molar refractivity (Wildman–Crippen MR) is 104 cm³/mol. The Bertz CT molecular complexity index is 600. The van der Waals surface area contributed by atoms with Crippen molar-refractivity contribution < 1.29 is 22.6 Å². The Hall–Kier alpha value is -2.16. The zero-order valence-electron chi connectivity index (χ0n) is 16.5. The van der Waals surface area contributed by atoms with Gasteiger partial charge in [-0.05, 0) is 37.6 Å². The molecule has 1 aromatic rings. The van der Waals surface area contributed by atoms with Gasteiger partial charge in [-0.3, -0.25) is 4.99 Å². The van der Waals surface area contributed by atoms with Crippen molar-refractivity contribution in [2.45, 2.75) is 19.5 Å². The summed E-state index contributed by atoms with van der Waals surface area (Å²) in [5, 5.41) is 3.26. The zero-order valence-corrected chi connectivity index (χ0v) is 16.5. The van der Waals surface area contributed by atoms with Crippen LogP contribution in [0, 0.1) is 0 Å². The molecule has 0 saturated carbocycles. The van der Waals surface area contributed by atoms with Crippen molar-refractivity contribution >= 4 is 11.6 Å². The van der Waals surface area contributed by atoms with Crippen LogP contribution in [-0.4, -0.2) is 76.6 Å². The number of nitrogens with zero attached hydrogens (tertiary/aromatic N) is 3. The van der Waals surface area contributed by atoms with Gasteiger partial charge in [0, 0.05) is 51.6 Å². The van der Waals surface area contributed by atoms with Crippen LogP contribution in [0.15, 0.2) is 29.3 Å². The standard InChI is InChI=1S/C19H29F3N4O2/c1-3-23-18(24-9-4-14-28-15-19(20,21)22)26-12-10-25(11-13-26)16-5-7-17(27-2)8-6-16/h5-8H,3-4,9-15H2,1-2H3,(H,23,24). The highest BCUT2D eigenvalue weighted by molar-refractivity contribution is 5.80. The van der Waals surface area contributed by atoms with E-state index in [1.54, 1.807) is 7.11 Å². The number of anilines is 1. The van der Waals surface area contributed by atoms with E-state index >= 15 is 0 Å². The Morgan fingerprint density at radius 2 is 1.82 bits per heavy atom. The first-order valence-corrected chi connectivity index (χ1v) is 9.49. The van der Waals surface area contributed by atoms with E-state index in [4.69, 9.17) is 4.74 Å². The molecule has 0 aliphatic carbocycles. The third-order valence-electron chi connectivity index (χ3n) is 4.33. The van der Waals surface area contributed by atoms with Gasteiger partial charge in [0.05, 0.1) is 7.11 Å². The zero-order chi connectivity index (χ0) is 20.4. The van der Waals surface area contributed by atoms with Gasteiger partial charge in [-0.1, -0.05) is 0 Å². The number of piperazine rings is 1. The highest BCUT2D eigenvalue weighted by Gasteiger charge is 2.27. The number of hydrogen-bond donors (Lipinski definition) is 1. The normalized spacial score (nSPS) is 15.7. The molecule has 0 spiro atoms. The van der Waals surface area contributed by atoms with Crippen LogP contribution < -0.4 is 15.0 Å². The maximum atomic E-state index is 12.0. The maximum Gasteiger partial charge on any atom is 0.411 e. The second kappa shape index (κ2) is 11.0. The summed E-state index contributed by atoms with van der Waals surface area (Å²) in [6, 6.07) is 8.01. The molecule has 1 fully saturated rings. The topological polar surface area (TPSA) is 49.3 Å². The van der Waals surface area contributed by atoms with Crippen molar-refractivity contribution in [1.29, 1.82) is 0 Å². The molecule has 1 heterocycles. The monoisotopic (exact) mass is 402 g/mol. The molecular weight excluding hydrogens is 373 g/mol. The lowest BCUT2D eigenvalue weighted by Crippen LogP contribution is -2.52. The second-order valence-electron chi connectivity index (χ2n) is 6.43. The van der Waals surface area contributed by atoms with Crippen molar-refractivity contribution in [2.75, 3.05) is 64.5 Å². The number of benzene rings is 1. The molecule has 6 nitrogen and oxygen atoms in total. The van der Waals surface area contributed by atoms with Crippen LogP contribution in [0.5, 0.6) is 5.75 Å². The number of halogens is 3. The van der Waals surface area contributed by atoms with E-state index in [0.717, 1.165) is 50.1 Å².